The minimum atomic E-state index is -0.504. The molecule has 3 aliphatic rings. The van der Waals surface area contributed by atoms with Crippen molar-refractivity contribution in [1.29, 1.82) is 0 Å². The summed E-state index contributed by atoms with van der Waals surface area (Å²) in [5.74, 6) is 0.930. The highest BCUT2D eigenvalue weighted by Crippen LogP contribution is 2.47. The molecular weight excluding hydrogens is 430 g/mol. The van der Waals surface area contributed by atoms with E-state index < -0.39 is 11.6 Å². The predicted molar refractivity (Wildman–Crippen MR) is 124 cm³/mol. The summed E-state index contributed by atoms with van der Waals surface area (Å²) < 4.78 is 5.44. The molecule has 0 aromatic carbocycles. The molecule has 10 heteroatoms. The lowest BCUT2D eigenvalue weighted by molar-refractivity contribution is -0.135. The van der Waals surface area contributed by atoms with E-state index in [0.717, 1.165) is 12.1 Å². The van der Waals surface area contributed by atoms with E-state index in [1.807, 2.05) is 33.8 Å². The fraction of sp³-hybridized carbons (Fsp3) is 0.636. The Labute approximate surface area is 192 Å². The lowest BCUT2D eigenvalue weighted by Gasteiger charge is -2.36. The third-order valence-corrected chi connectivity index (χ3v) is 7.55. The molecule has 2 unspecified atom stereocenters. The Bertz CT molecular complexity index is 895. The molecule has 2 atom stereocenters. The van der Waals surface area contributed by atoms with Crippen molar-refractivity contribution in [3.8, 4) is 0 Å². The minimum absolute atomic E-state index is 0.0477. The first-order chi connectivity index (χ1) is 15.1. The Morgan fingerprint density at radius 2 is 1.94 bits per heavy atom. The zero-order chi connectivity index (χ0) is 23.1. The van der Waals surface area contributed by atoms with Crippen molar-refractivity contribution in [2.75, 3.05) is 42.1 Å². The Hall–Kier alpha value is -2.49. The van der Waals surface area contributed by atoms with E-state index in [9.17, 15) is 14.4 Å². The van der Waals surface area contributed by atoms with Crippen LogP contribution in [-0.4, -0.2) is 81.1 Å². The highest BCUT2D eigenvalue weighted by Gasteiger charge is 2.52. The van der Waals surface area contributed by atoms with E-state index >= 15 is 0 Å². The van der Waals surface area contributed by atoms with Gasteiger partial charge in [-0.05, 0) is 46.2 Å². The summed E-state index contributed by atoms with van der Waals surface area (Å²) in [5.41, 5.74) is 0.432. The molecule has 32 heavy (non-hydrogen) atoms. The first-order valence-corrected chi connectivity index (χ1v) is 12.0. The molecule has 0 bridgehead atoms. The van der Waals surface area contributed by atoms with Gasteiger partial charge in [-0.2, -0.15) is 0 Å². The van der Waals surface area contributed by atoms with Gasteiger partial charge in [-0.25, -0.2) is 9.78 Å². The van der Waals surface area contributed by atoms with E-state index in [0.29, 0.717) is 44.2 Å². The molecule has 3 aliphatic heterocycles. The van der Waals surface area contributed by atoms with Crippen molar-refractivity contribution < 1.29 is 19.1 Å². The summed E-state index contributed by atoms with van der Waals surface area (Å²) in [7, 11) is 0. The van der Waals surface area contributed by atoms with Crippen LogP contribution < -0.4 is 10.2 Å². The predicted octanol–water partition coefficient (Wildman–Crippen LogP) is 2.53. The number of aromatic nitrogens is 1. The number of piperazine rings is 1. The summed E-state index contributed by atoms with van der Waals surface area (Å²) in [6.45, 7) is 10.1. The molecule has 0 spiro atoms. The minimum Gasteiger partial charge on any atom is -0.444 e. The number of nitrogens with zero attached hydrogens (tertiary/aromatic N) is 4. The molecule has 174 valence electrons. The van der Waals surface area contributed by atoms with Crippen molar-refractivity contribution >= 4 is 41.2 Å². The van der Waals surface area contributed by atoms with Crippen LogP contribution in [0.15, 0.2) is 18.3 Å². The number of carbonyl (C=O) groups excluding carboxylic acids is 3. The SMILES string of the molecule is CC(C)(C)OC(=O)N1CCN(c2ccc(NC(=O)C3CSC4(C)CCC(=O)N34)nc2)CC1. The number of pyridine rings is 1. The zero-order valence-electron chi connectivity index (χ0n) is 19.1. The lowest BCUT2D eigenvalue weighted by atomic mass is 10.2. The van der Waals surface area contributed by atoms with E-state index in [2.05, 4.69) is 15.2 Å². The largest absolute Gasteiger partial charge is 0.444 e. The fourth-order valence-corrected chi connectivity index (χ4v) is 5.78. The number of thioether (sulfide) groups is 1. The van der Waals surface area contributed by atoms with Gasteiger partial charge in [-0.3, -0.25) is 9.59 Å². The highest BCUT2D eigenvalue weighted by atomic mass is 32.2. The Morgan fingerprint density at radius 3 is 2.56 bits per heavy atom. The van der Waals surface area contributed by atoms with Crippen LogP contribution in [-0.2, 0) is 14.3 Å². The third-order valence-electron chi connectivity index (χ3n) is 6.04. The molecule has 0 radical (unpaired) electrons. The van der Waals surface area contributed by atoms with E-state index in [1.165, 1.54) is 0 Å². The second kappa shape index (κ2) is 8.46. The number of fused-ring (bicyclic) bond motifs is 1. The second-order valence-corrected chi connectivity index (χ2v) is 11.1. The zero-order valence-corrected chi connectivity index (χ0v) is 19.9. The number of hydrogen-bond acceptors (Lipinski definition) is 7. The van der Waals surface area contributed by atoms with Crippen molar-refractivity contribution in [2.24, 2.45) is 0 Å². The summed E-state index contributed by atoms with van der Waals surface area (Å²) >= 11 is 1.67. The first kappa shape index (κ1) is 22.7. The fourth-order valence-electron chi connectivity index (χ4n) is 4.34. The molecule has 1 N–H and O–H groups in total. The van der Waals surface area contributed by atoms with Gasteiger partial charge in [0.15, 0.2) is 0 Å². The normalized spacial score (nSPS) is 25.7. The maximum absolute atomic E-state index is 12.8. The molecule has 3 amide bonds. The van der Waals surface area contributed by atoms with Crippen LogP contribution in [0.4, 0.5) is 16.3 Å². The number of hydrogen-bond donors (Lipinski definition) is 1. The van der Waals surface area contributed by atoms with E-state index in [1.54, 1.807) is 33.8 Å². The molecule has 3 saturated heterocycles. The van der Waals surface area contributed by atoms with Crippen molar-refractivity contribution in [3.63, 3.8) is 0 Å². The van der Waals surface area contributed by atoms with Crippen molar-refractivity contribution in [1.82, 2.24) is 14.8 Å². The Morgan fingerprint density at radius 1 is 1.22 bits per heavy atom. The van der Waals surface area contributed by atoms with Gasteiger partial charge >= 0.3 is 6.09 Å². The molecule has 0 aliphatic carbocycles. The monoisotopic (exact) mass is 461 g/mol. The van der Waals surface area contributed by atoms with Gasteiger partial charge in [-0.15, -0.1) is 11.8 Å². The number of rotatable bonds is 3. The summed E-state index contributed by atoms with van der Waals surface area (Å²) in [6.07, 6.45) is 2.73. The molecule has 9 nitrogen and oxygen atoms in total. The molecule has 1 aromatic rings. The highest BCUT2D eigenvalue weighted by molar-refractivity contribution is 8.01. The average molecular weight is 462 g/mol. The van der Waals surface area contributed by atoms with Gasteiger partial charge in [-0.1, -0.05) is 0 Å². The number of nitrogens with one attached hydrogen (secondary N) is 1. The van der Waals surface area contributed by atoms with Crippen LogP contribution in [0.2, 0.25) is 0 Å². The molecular formula is C22H31N5O4S. The number of amides is 3. The lowest BCUT2D eigenvalue weighted by Crippen LogP contribution is -2.50. The van der Waals surface area contributed by atoms with Gasteiger partial charge in [0.1, 0.15) is 17.5 Å². The summed E-state index contributed by atoms with van der Waals surface area (Å²) in [6, 6.07) is 3.24. The average Bonchev–Trinajstić information content (AvgIpc) is 3.23. The summed E-state index contributed by atoms with van der Waals surface area (Å²) in [5, 5.41) is 2.86. The Kier molecular flexibility index (Phi) is 6.00. The van der Waals surface area contributed by atoms with Crippen LogP contribution in [0.5, 0.6) is 0 Å². The molecule has 3 fully saturated rings. The Balaban J connectivity index is 1.31. The van der Waals surface area contributed by atoms with Crippen molar-refractivity contribution in [2.45, 2.75) is 57.1 Å². The van der Waals surface area contributed by atoms with E-state index in [4.69, 9.17) is 4.74 Å². The van der Waals surface area contributed by atoms with Crippen LogP contribution >= 0.6 is 11.8 Å². The quantitative estimate of drug-likeness (QED) is 0.739. The molecule has 4 rings (SSSR count). The number of anilines is 2. The van der Waals surface area contributed by atoms with Gasteiger partial charge in [0.2, 0.25) is 11.8 Å². The van der Waals surface area contributed by atoms with Crippen LogP contribution in [0, 0.1) is 0 Å². The van der Waals surface area contributed by atoms with Gasteiger partial charge < -0.3 is 24.8 Å². The second-order valence-electron chi connectivity index (χ2n) is 9.61. The first-order valence-electron chi connectivity index (χ1n) is 11.0. The molecule has 0 saturated carbocycles. The van der Waals surface area contributed by atoms with Gasteiger partial charge in [0.05, 0.1) is 16.8 Å². The standard InChI is InChI=1S/C22H31N5O4S/c1-21(2,3)31-20(30)26-11-9-25(10-12-26)15-5-6-17(23-13-15)24-19(29)16-14-32-22(4)8-7-18(28)27(16)22/h5-6,13,16H,7-12,14H2,1-4H3,(H,23,24,29). The summed E-state index contributed by atoms with van der Waals surface area (Å²) in [4.78, 5) is 47.1. The number of carbonyl (C=O) groups is 3. The van der Waals surface area contributed by atoms with Crippen LogP contribution in [0.3, 0.4) is 0 Å². The van der Waals surface area contributed by atoms with Crippen LogP contribution in [0.25, 0.3) is 0 Å². The van der Waals surface area contributed by atoms with E-state index in [-0.39, 0.29) is 22.8 Å². The topological polar surface area (TPSA) is 95.1 Å². The van der Waals surface area contributed by atoms with Gasteiger partial charge in [0.25, 0.3) is 0 Å². The third kappa shape index (κ3) is 4.65. The molecule has 4 heterocycles. The maximum atomic E-state index is 12.8. The molecule has 1 aromatic heterocycles. The smallest absolute Gasteiger partial charge is 0.410 e. The maximum Gasteiger partial charge on any atom is 0.410 e. The van der Waals surface area contributed by atoms with Crippen molar-refractivity contribution in [3.05, 3.63) is 18.3 Å². The number of ether oxygens (including phenoxy) is 1. The van der Waals surface area contributed by atoms with Crippen LogP contribution in [0.1, 0.15) is 40.5 Å². The van der Waals surface area contributed by atoms with Gasteiger partial charge in [0, 0.05) is 38.4 Å².